The number of aliphatic hydroxyl groups is 1. The first kappa shape index (κ1) is 6.34. The molecule has 0 unspecified atom stereocenters. The maximum atomic E-state index is 8.54. The van der Waals surface area contributed by atoms with Crippen LogP contribution < -0.4 is 0 Å². The topological polar surface area (TPSA) is 23.5 Å². The van der Waals surface area contributed by atoms with E-state index in [2.05, 4.69) is 0 Å². The lowest BCUT2D eigenvalue weighted by molar-refractivity contribution is 0.391. The summed E-state index contributed by atoms with van der Waals surface area (Å²) in [7, 11) is 3.72. The van der Waals surface area contributed by atoms with Crippen LogP contribution in [0.5, 0.6) is 0 Å². The van der Waals surface area contributed by atoms with Crippen molar-refractivity contribution in [2.24, 2.45) is 0 Å². The Morgan fingerprint density at radius 1 is 1.57 bits per heavy atom. The van der Waals surface area contributed by atoms with Gasteiger partial charge in [-0.1, -0.05) is 0 Å². The summed E-state index contributed by atoms with van der Waals surface area (Å²) in [6.45, 7) is 1.64. The molecule has 0 aliphatic heterocycles. The van der Waals surface area contributed by atoms with Crippen LogP contribution in [0.15, 0.2) is 12.0 Å². The van der Waals surface area contributed by atoms with Gasteiger partial charge in [0.2, 0.25) is 0 Å². The first-order chi connectivity index (χ1) is 3.13. The summed E-state index contributed by atoms with van der Waals surface area (Å²) >= 11 is 0. The highest BCUT2D eigenvalue weighted by atomic mass is 16.3. The maximum absolute atomic E-state index is 8.54. The van der Waals surface area contributed by atoms with Crippen LogP contribution in [-0.2, 0) is 0 Å². The molecule has 2 heteroatoms. The van der Waals surface area contributed by atoms with Crippen molar-refractivity contribution in [1.29, 1.82) is 0 Å². The van der Waals surface area contributed by atoms with Gasteiger partial charge in [0.05, 0.1) is 0 Å². The summed E-state index contributed by atoms with van der Waals surface area (Å²) < 4.78 is 0. The molecule has 7 heavy (non-hydrogen) atoms. The second kappa shape index (κ2) is 2.50. The molecule has 0 rings (SSSR count). The van der Waals surface area contributed by atoms with Gasteiger partial charge in [-0.15, -0.1) is 0 Å². The third kappa shape index (κ3) is 5.34. The van der Waals surface area contributed by atoms with Crippen molar-refractivity contribution in [1.82, 2.24) is 4.90 Å². The zero-order chi connectivity index (χ0) is 5.86. The van der Waals surface area contributed by atoms with Gasteiger partial charge >= 0.3 is 0 Å². The van der Waals surface area contributed by atoms with Crippen LogP contribution in [0.1, 0.15) is 6.92 Å². The second-order valence-electron chi connectivity index (χ2n) is 1.73. The quantitative estimate of drug-likeness (QED) is 0.497. The van der Waals surface area contributed by atoms with E-state index in [1.165, 1.54) is 0 Å². The zero-order valence-electron chi connectivity index (χ0n) is 4.97. The van der Waals surface area contributed by atoms with E-state index in [-0.39, 0.29) is 0 Å². The van der Waals surface area contributed by atoms with Crippen molar-refractivity contribution < 1.29 is 5.11 Å². The molecule has 42 valence electrons. The van der Waals surface area contributed by atoms with Crippen molar-refractivity contribution in [2.75, 3.05) is 14.1 Å². The lowest BCUT2D eigenvalue weighted by Crippen LogP contribution is -2.01. The molecule has 0 saturated heterocycles. The van der Waals surface area contributed by atoms with Gasteiger partial charge in [-0.3, -0.25) is 0 Å². The minimum Gasteiger partial charge on any atom is -0.511 e. The first-order valence-electron chi connectivity index (χ1n) is 2.16. The predicted octanol–water partition coefficient (Wildman–Crippen LogP) is 0.967. The van der Waals surface area contributed by atoms with Gasteiger partial charge in [0.15, 0.2) is 0 Å². The SMILES string of the molecule is C/C(O)=C/N(C)C. The Morgan fingerprint density at radius 3 is 2.00 bits per heavy atom. The molecule has 0 aliphatic carbocycles. The van der Waals surface area contributed by atoms with E-state index in [4.69, 9.17) is 5.11 Å². The van der Waals surface area contributed by atoms with Gasteiger partial charge in [0, 0.05) is 20.3 Å². The fraction of sp³-hybridized carbons (Fsp3) is 0.600. The second-order valence-corrected chi connectivity index (χ2v) is 1.73. The maximum Gasteiger partial charge on any atom is 0.105 e. The third-order valence-corrected chi connectivity index (χ3v) is 0.445. The number of nitrogens with zero attached hydrogens (tertiary/aromatic N) is 1. The summed E-state index contributed by atoms with van der Waals surface area (Å²) in [5.41, 5.74) is 0. The van der Waals surface area contributed by atoms with Crippen LogP contribution in [0.25, 0.3) is 0 Å². The third-order valence-electron chi connectivity index (χ3n) is 0.445. The highest BCUT2D eigenvalue weighted by Crippen LogP contribution is 1.83. The number of hydrogen-bond donors (Lipinski definition) is 1. The predicted molar refractivity (Wildman–Crippen MR) is 30.1 cm³/mol. The van der Waals surface area contributed by atoms with Gasteiger partial charge in [0.25, 0.3) is 0 Å². The summed E-state index contributed by atoms with van der Waals surface area (Å²) in [4.78, 5) is 1.79. The Hall–Kier alpha value is -0.660. The highest BCUT2D eigenvalue weighted by Gasteiger charge is 1.77. The lowest BCUT2D eigenvalue weighted by Gasteiger charge is -2.02. The molecular formula is C5H11NO. The smallest absolute Gasteiger partial charge is 0.105 e. The minimum absolute atomic E-state index is 0.338. The van der Waals surface area contributed by atoms with Gasteiger partial charge in [0.1, 0.15) is 5.76 Å². The largest absolute Gasteiger partial charge is 0.511 e. The molecule has 0 aromatic heterocycles. The van der Waals surface area contributed by atoms with Crippen LogP contribution in [0.2, 0.25) is 0 Å². The normalized spacial score (nSPS) is 11.6. The van der Waals surface area contributed by atoms with Gasteiger partial charge in [-0.25, -0.2) is 0 Å². The lowest BCUT2D eigenvalue weighted by atomic mass is 10.6. The molecule has 0 spiro atoms. The summed E-state index contributed by atoms with van der Waals surface area (Å²) in [6.07, 6.45) is 1.64. The van der Waals surface area contributed by atoms with E-state index in [1.54, 1.807) is 18.0 Å². The average Bonchev–Trinajstić information content (AvgIpc) is 1.27. The molecule has 0 aromatic carbocycles. The van der Waals surface area contributed by atoms with Crippen molar-refractivity contribution in [3.05, 3.63) is 12.0 Å². The van der Waals surface area contributed by atoms with E-state index in [0.29, 0.717) is 5.76 Å². The summed E-state index contributed by atoms with van der Waals surface area (Å²) in [6, 6.07) is 0. The minimum atomic E-state index is 0.338. The van der Waals surface area contributed by atoms with Crippen molar-refractivity contribution in [3.8, 4) is 0 Å². The van der Waals surface area contributed by atoms with Gasteiger partial charge in [-0.2, -0.15) is 0 Å². The molecule has 0 atom stereocenters. The molecule has 0 fully saturated rings. The first-order valence-corrected chi connectivity index (χ1v) is 2.16. The molecule has 0 amide bonds. The van der Waals surface area contributed by atoms with Crippen LogP contribution >= 0.6 is 0 Å². The van der Waals surface area contributed by atoms with E-state index in [0.717, 1.165) is 0 Å². The summed E-state index contributed by atoms with van der Waals surface area (Å²) in [5.74, 6) is 0.338. The molecule has 0 heterocycles. The Bertz CT molecular complexity index is 72.1. The van der Waals surface area contributed by atoms with Gasteiger partial charge in [-0.05, 0) is 6.92 Å². The molecular weight excluding hydrogens is 90.1 g/mol. The van der Waals surface area contributed by atoms with E-state index >= 15 is 0 Å². The fourth-order valence-electron chi connectivity index (χ4n) is 0.374. The van der Waals surface area contributed by atoms with Gasteiger partial charge < -0.3 is 10.0 Å². The van der Waals surface area contributed by atoms with Crippen molar-refractivity contribution >= 4 is 0 Å². The molecule has 0 radical (unpaired) electrons. The Kier molecular flexibility index (Phi) is 2.27. The standard InChI is InChI=1S/C5H11NO/c1-5(7)4-6(2)3/h4,7H,1-3H3/b5-4-. The zero-order valence-corrected chi connectivity index (χ0v) is 4.97. The molecule has 1 N–H and O–H groups in total. The number of aliphatic hydroxyl groups excluding tert-OH is 1. The van der Waals surface area contributed by atoms with E-state index in [1.807, 2.05) is 14.1 Å². The molecule has 0 aliphatic rings. The Labute approximate surface area is 44.1 Å². The van der Waals surface area contributed by atoms with Crippen molar-refractivity contribution in [3.63, 3.8) is 0 Å². The number of hydrogen-bond acceptors (Lipinski definition) is 2. The Balaban J connectivity index is 3.45. The average molecular weight is 101 g/mol. The molecule has 0 bridgehead atoms. The number of rotatable bonds is 1. The van der Waals surface area contributed by atoms with E-state index in [9.17, 15) is 0 Å². The van der Waals surface area contributed by atoms with E-state index < -0.39 is 0 Å². The van der Waals surface area contributed by atoms with Crippen LogP contribution in [0, 0.1) is 0 Å². The highest BCUT2D eigenvalue weighted by molar-refractivity contribution is 4.82. The fourth-order valence-corrected chi connectivity index (χ4v) is 0.374. The van der Waals surface area contributed by atoms with Crippen molar-refractivity contribution in [2.45, 2.75) is 6.92 Å². The monoisotopic (exact) mass is 101 g/mol. The summed E-state index contributed by atoms with van der Waals surface area (Å²) in [5, 5.41) is 8.54. The number of allylic oxidation sites excluding steroid dienone is 1. The molecule has 2 nitrogen and oxygen atoms in total. The van der Waals surface area contributed by atoms with Crippen LogP contribution in [0.4, 0.5) is 0 Å². The molecule has 0 aromatic rings. The molecule has 0 saturated carbocycles. The van der Waals surface area contributed by atoms with Crippen LogP contribution in [-0.4, -0.2) is 24.1 Å². The Morgan fingerprint density at radius 2 is 2.00 bits per heavy atom. The van der Waals surface area contributed by atoms with Crippen LogP contribution in [0.3, 0.4) is 0 Å².